The molecule has 0 spiro atoms. The Labute approximate surface area is 75.6 Å². The molecule has 0 bridgehead atoms. The Kier molecular flexibility index (Phi) is 1.75. The number of H-pyrrole nitrogens is 1. The SMILES string of the molecule is Brc1nc(-c2cnc[nH]2)cs1. The van der Waals surface area contributed by atoms with Crippen molar-refractivity contribution in [2.24, 2.45) is 0 Å². The van der Waals surface area contributed by atoms with E-state index in [0.717, 1.165) is 15.3 Å². The number of aromatic amines is 1. The van der Waals surface area contributed by atoms with Crippen molar-refractivity contribution >= 4 is 27.3 Å². The van der Waals surface area contributed by atoms with Gasteiger partial charge >= 0.3 is 0 Å². The average Bonchev–Trinajstić information content (AvgIpc) is 2.55. The van der Waals surface area contributed by atoms with E-state index in [0.29, 0.717) is 0 Å². The first-order valence-corrected chi connectivity index (χ1v) is 4.63. The smallest absolute Gasteiger partial charge is 0.159 e. The maximum absolute atomic E-state index is 4.22. The molecule has 0 radical (unpaired) electrons. The van der Waals surface area contributed by atoms with Crippen LogP contribution in [-0.4, -0.2) is 15.0 Å². The molecule has 0 aromatic carbocycles. The Morgan fingerprint density at radius 3 is 3.00 bits per heavy atom. The molecule has 2 aromatic rings. The lowest BCUT2D eigenvalue weighted by Crippen LogP contribution is -1.74. The highest BCUT2D eigenvalue weighted by Crippen LogP contribution is 2.22. The van der Waals surface area contributed by atoms with E-state index in [9.17, 15) is 0 Å². The van der Waals surface area contributed by atoms with Crippen molar-refractivity contribution in [2.45, 2.75) is 0 Å². The zero-order valence-corrected chi connectivity index (χ0v) is 7.82. The molecule has 2 aromatic heterocycles. The quantitative estimate of drug-likeness (QED) is 0.816. The number of halogens is 1. The number of hydrogen-bond acceptors (Lipinski definition) is 3. The molecule has 5 heteroatoms. The maximum Gasteiger partial charge on any atom is 0.159 e. The minimum Gasteiger partial charge on any atom is -0.343 e. The van der Waals surface area contributed by atoms with Gasteiger partial charge in [0.15, 0.2) is 3.92 Å². The van der Waals surface area contributed by atoms with Crippen LogP contribution in [0.15, 0.2) is 21.8 Å². The average molecular weight is 230 g/mol. The van der Waals surface area contributed by atoms with Gasteiger partial charge in [0.2, 0.25) is 0 Å². The number of rotatable bonds is 1. The van der Waals surface area contributed by atoms with Crippen molar-refractivity contribution in [1.29, 1.82) is 0 Å². The van der Waals surface area contributed by atoms with Gasteiger partial charge in [-0.1, -0.05) is 0 Å². The predicted octanol–water partition coefficient (Wildman–Crippen LogP) is 2.30. The second kappa shape index (κ2) is 2.75. The fourth-order valence-corrected chi connectivity index (χ4v) is 1.78. The van der Waals surface area contributed by atoms with Crippen LogP contribution in [-0.2, 0) is 0 Å². The first kappa shape index (κ1) is 7.00. The van der Waals surface area contributed by atoms with Crippen LogP contribution in [0.3, 0.4) is 0 Å². The van der Waals surface area contributed by atoms with Crippen LogP contribution in [0.4, 0.5) is 0 Å². The summed E-state index contributed by atoms with van der Waals surface area (Å²) in [6.45, 7) is 0. The van der Waals surface area contributed by atoms with E-state index in [1.54, 1.807) is 23.9 Å². The van der Waals surface area contributed by atoms with Crippen LogP contribution >= 0.6 is 27.3 Å². The van der Waals surface area contributed by atoms with E-state index in [1.165, 1.54) is 0 Å². The summed E-state index contributed by atoms with van der Waals surface area (Å²) in [4.78, 5) is 11.1. The predicted molar refractivity (Wildman–Crippen MR) is 47.4 cm³/mol. The van der Waals surface area contributed by atoms with Crippen molar-refractivity contribution in [3.8, 4) is 11.4 Å². The van der Waals surface area contributed by atoms with E-state index in [1.807, 2.05) is 5.38 Å². The standard InChI is InChI=1S/C6H4BrN3S/c7-6-10-5(2-11-6)4-1-8-3-9-4/h1-3H,(H,8,9). The van der Waals surface area contributed by atoms with Crippen LogP contribution in [0.1, 0.15) is 0 Å². The van der Waals surface area contributed by atoms with Crippen molar-refractivity contribution in [3.05, 3.63) is 21.8 Å². The molecule has 2 heterocycles. The van der Waals surface area contributed by atoms with E-state index in [-0.39, 0.29) is 0 Å². The molecular formula is C6H4BrN3S. The molecule has 0 aliphatic rings. The number of hydrogen-bond donors (Lipinski definition) is 1. The summed E-state index contributed by atoms with van der Waals surface area (Å²) in [6.07, 6.45) is 3.39. The van der Waals surface area contributed by atoms with Gasteiger partial charge in [-0.15, -0.1) is 11.3 Å². The normalized spacial score (nSPS) is 10.3. The Balaban J connectivity index is 2.45. The number of nitrogens with one attached hydrogen (secondary N) is 1. The lowest BCUT2D eigenvalue weighted by Gasteiger charge is -1.84. The number of nitrogens with zero attached hydrogens (tertiary/aromatic N) is 2. The molecule has 0 saturated carbocycles. The molecule has 11 heavy (non-hydrogen) atoms. The molecule has 0 aliphatic carbocycles. The molecule has 0 amide bonds. The molecule has 1 N–H and O–H groups in total. The Bertz CT molecular complexity index is 340. The number of thiazole rings is 1. The van der Waals surface area contributed by atoms with Gasteiger partial charge in [0.05, 0.1) is 18.2 Å². The van der Waals surface area contributed by atoms with Crippen LogP contribution < -0.4 is 0 Å². The van der Waals surface area contributed by atoms with Crippen LogP contribution in [0, 0.1) is 0 Å². The van der Waals surface area contributed by atoms with E-state index >= 15 is 0 Å². The molecule has 0 aliphatic heterocycles. The molecular weight excluding hydrogens is 226 g/mol. The molecule has 2 rings (SSSR count). The van der Waals surface area contributed by atoms with Gasteiger partial charge < -0.3 is 4.98 Å². The van der Waals surface area contributed by atoms with Gasteiger partial charge in [-0.2, -0.15) is 0 Å². The Morgan fingerprint density at radius 2 is 2.45 bits per heavy atom. The summed E-state index contributed by atoms with van der Waals surface area (Å²) < 4.78 is 0.891. The Hall–Kier alpha value is -0.680. The van der Waals surface area contributed by atoms with Crippen LogP contribution in [0.2, 0.25) is 0 Å². The summed E-state index contributed by atoms with van der Waals surface area (Å²) >= 11 is 4.85. The minimum atomic E-state index is 0.891. The third-order valence-electron chi connectivity index (χ3n) is 1.25. The topological polar surface area (TPSA) is 41.6 Å². The van der Waals surface area contributed by atoms with E-state index < -0.39 is 0 Å². The third kappa shape index (κ3) is 1.34. The third-order valence-corrected chi connectivity index (χ3v) is 2.62. The second-order valence-corrected chi connectivity index (χ2v) is 4.09. The monoisotopic (exact) mass is 229 g/mol. The highest BCUT2D eigenvalue weighted by atomic mass is 79.9. The van der Waals surface area contributed by atoms with Crippen molar-refractivity contribution in [3.63, 3.8) is 0 Å². The van der Waals surface area contributed by atoms with Crippen LogP contribution in [0.5, 0.6) is 0 Å². The minimum absolute atomic E-state index is 0.891. The van der Waals surface area contributed by atoms with E-state index in [2.05, 4.69) is 30.9 Å². The summed E-state index contributed by atoms with van der Waals surface area (Å²) in [5.41, 5.74) is 1.88. The van der Waals surface area contributed by atoms with Crippen molar-refractivity contribution in [1.82, 2.24) is 15.0 Å². The fourth-order valence-electron chi connectivity index (χ4n) is 0.772. The fraction of sp³-hybridized carbons (Fsp3) is 0. The zero-order valence-electron chi connectivity index (χ0n) is 5.41. The summed E-state index contributed by atoms with van der Waals surface area (Å²) in [7, 11) is 0. The maximum atomic E-state index is 4.22. The van der Waals surface area contributed by atoms with Gasteiger partial charge in [-0.3, -0.25) is 0 Å². The zero-order chi connectivity index (χ0) is 7.68. The van der Waals surface area contributed by atoms with Gasteiger partial charge in [0.1, 0.15) is 5.69 Å². The highest BCUT2D eigenvalue weighted by Gasteiger charge is 2.01. The first-order chi connectivity index (χ1) is 5.36. The largest absolute Gasteiger partial charge is 0.343 e. The lowest BCUT2D eigenvalue weighted by molar-refractivity contribution is 1.29. The number of imidazole rings is 1. The van der Waals surface area contributed by atoms with Gasteiger partial charge in [0, 0.05) is 5.38 Å². The van der Waals surface area contributed by atoms with Gasteiger partial charge in [0.25, 0.3) is 0 Å². The van der Waals surface area contributed by atoms with E-state index in [4.69, 9.17) is 0 Å². The van der Waals surface area contributed by atoms with Gasteiger partial charge in [-0.25, -0.2) is 9.97 Å². The molecule has 3 nitrogen and oxygen atoms in total. The number of aromatic nitrogens is 3. The molecule has 0 saturated heterocycles. The first-order valence-electron chi connectivity index (χ1n) is 2.96. The molecule has 0 unspecified atom stereocenters. The highest BCUT2D eigenvalue weighted by molar-refractivity contribution is 9.11. The lowest BCUT2D eigenvalue weighted by atomic mass is 10.4. The Morgan fingerprint density at radius 1 is 1.55 bits per heavy atom. The van der Waals surface area contributed by atoms with Crippen molar-refractivity contribution < 1.29 is 0 Å². The van der Waals surface area contributed by atoms with Crippen molar-refractivity contribution in [2.75, 3.05) is 0 Å². The summed E-state index contributed by atoms with van der Waals surface area (Å²) in [6, 6.07) is 0. The van der Waals surface area contributed by atoms with Crippen LogP contribution in [0.25, 0.3) is 11.4 Å². The summed E-state index contributed by atoms with van der Waals surface area (Å²) in [5, 5.41) is 1.97. The molecule has 0 atom stereocenters. The molecule has 0 fully saturated rings. The summed E-state index contributed by atoms with van der Waals surface area (Å²) in [5.74, 6) is 0. The second-order valence-electron chi connectivity index (χ2n) is 1.95. The molecule has 56 valence electrons. The van der Waals surface area contributed by atoms with Gasteiger partial charge in [-0.05, 0) is 15.9 Å².